The number of nitrogens with zero attached hydrogens (tertiary/aromatic N) is 19. The summed E-state index contributed by atoms with van der Waals surface area (Å²) in [4.78, 5) is 85.1. The molecule has 15 aromatic rings. The SMILES string of the molecule is C.Cl.Cn1c(Cl)nc(-c2ccncn2)cc1=O.Cn1c(N2CCOCC(c3ccc(-c4ncno4)cc3)C2)nc(-c2ccncn2)cc1=O.NC(=O)c1ccc(C2COCCN(Cc3ccccc3)C2)cc1.[C-]#[N+]c1ccc(C2COCCN(Cc3ccccc3)C2)cc1.c1ccc(CN2CCOCC(c3ccc(-c4ncno4)cc3)C2)cc1.c1noc(-c2ccc(C3CNCCOC3)cc2)n1. The number of benzene rings is 8. The van der Waals surface area contributed by atoms with Crippen molar-refractivity contribution < 1.29 is 42.0 Å². The van der Waals surface area contributed by atoms with Crippen LogP contribution in [0.5, 0.6) is 0 Å². The molecule has 12 heterocycles. The van der Waals surface area contributed by atoms with E-state index in [4.69, 9.17) is 66.1 Å². The maximum atomic E-state index is 12.7. The fraction of sp³-hybridized carbons (Fsp3) is 0.301. The van der Waals surface area contributed by atoms with Crippen molar-refractivity contribution in [1.82, 2.24) is 89.5 Å². The number of carbonyl (C=O) groups is 1. The second kappa shape index (κ2) is 52.2. The van der Waals surface area contributed by atoms with Crippen LogP contribution >= 0.6 is 24.0 Å². The molecule has 0 radical (unpaired) electrons. The first-order valence-electron chi connectivity index (χ1n) is 44.7. The Morgan fingerprint density at radius 2 is 0.796 bits per heavy atom. The quantitative estimate of drug-likeness (QED) is 0.0595. The smallest absolute Gasteiger partial charge is 0.257 e. The summed E-state index contributed by atoms with van der Waals surface area (Å²) in [6, 6.07) is 78.0. The summed E-state index contributed by atoms with van der Waals surface area (Å²) in [5.41, 5.74) is 21.2. The maximum Gasteiger partial charge on any atom is 0.257 e. The molecule has 7 aromatic heterocycles. The van der Waals surface area contributed by atoms with E-state index in [1.165, 1.54) is 87.3 Å². The Bertz CT molecular complexity index is 6250. The Kier molecular flexibility index (Phi) is 38.3. The zero-order chi connectivity index (χ0) is 93.1. The van der Waals surface area contributed by atoms with Gasteiger partial charge in [0.1, 0.15) is 12.7 Å². The number of carbonyl (C=O) groups excluding carboxylic acids is 1. The van der Waals surface area contributed by atoms with Gasteiger partial charge in [-0.2, -0.15) is 15.0 Å². The van der Waals surface area contributed by atoms with Crippen molar-refractivity contribution in [1.29, 1.82) is 0 Å². The van der Waals surface area contributed by atoms with Gasteiger partial charge in [-0.1, -0.05) is 187 Å². The van der Waals surface area contributed by atoms with Gasteiger partial charge in [0.2, 0.25) is 17.1 Å². The van der Waals surface area contributed by atoms with Crippen LogP contribution in [0.3, 0.4) is 0 Å². The highest BCUT2D eigenvalue weighted by molar-refractivity contribution is 6.28. The van der Waals surface area contributed by atoms with Crippen molar-refractivity contribution in [2.24, 2.45) is 19.8 Å². The number of nitrogens with two attached hydrogens (primary N) is 1. The number of anilines is 1. The highest BCUT2D eigenvalue weighted by Crippen LogP contribution is 2.32. The van der Waals surface area contributed by atoms with Crippen LogP contribution in [0.15, 0.2) is 304 Å². The topological polar surface area (TPSA) is 357 Å². The summed E-state index contributed by atoms with van der Waals surface area (Å²) in [5.74, 6) is 3.33. The molecule has 34 heteroatoms. The van der Waals surface area contributed by atoms with E-state index in [0.29, 0.717) is 114 Å². The molecule has 0 aliphatic carbocycles. The molecular formula is C103H111Cl2N21O11. The zero-order valence-electron chi connectivity index (χ0n) is 75.6. The van der Waals surface area contributed by atoms with Crippen molar-refractivity contribution in [3.05, 3.63) is 368 Å². The molecule has 8 aromatic carbocycles. The number of nitrogens with one attached hydrogen (secondary N) is 1. The molecule has 708 valence electrons. The van der Waals surface area contributed by atoms with Gasteiger partial charge in [0.05, 0.1) is 95.4 Å². The predicted molar refractivity (Wildman–Crippen MR) is 525 cm³/mol. The predicted octanol–water partition coefficient (Wildman–Crippen LogP) is 14.9. The van der Waals surface area contributed by atoms with Gasteiger partial charge in [-0.15, -0.1) is 12.4 Å². The van der Waals surface area contributed by atoms with Gasteiger partial charge in [-0.3, -0.25) is 38.2 Å². The van der Waals surface area contributed by atoms with Crippen molar-refractivity contribution in [2.45, 2.75) is 56.7 Å². The third-order valence-corrected chi connectivity index (χ3v) is 23.8. The van der Waals surface area contributed by atoms with Gasteiger partial charge in [0.25, 0.3) is 28.8 Å². The molecule has 3 N–H and O–H groups in total. The Morgan fingerprint density at radius 1 is 0.431 bits per heavy atom. The lowest BCUT2D eigenvalue weighted by Crippen LogP contribution is -2.35. The minimum Gasteiger partial charge on any atom is -0.379 e. The first kappa shape index (κ1) is 101. The van der Waals surface area contributed by atoms with E-state index in [9.17, 15) is 14.4 Å². The van der Waals surface area contributed by atoms with Crippen LogP contribution in [0.2, 0.25) is 5.28 Å². The van der Waals surface area contributed by atoms with E-state index >= 15 is 0 Å². The number of hydrogen-bond acceptors (Lipinski definition) is 28. The summed E-state index contributed by atoms with van der Waals surface area (Å²) in [6.07, 6.45) is 10.3. The van der Waals surface area contributed by atoms with Crippen LogP contribution in [-0.4, -0.2) is 222 Å². The lowest BCUT2D eigenvalue weighted by molar-refractivity contribution is 0.1000. The highest BCUT2D eigenvalue weighted by Gasteiger charge is 2.28. The first-order chi connectivity index (χ1) is 66.3. The van der Waals surface area contributed by atoms with E-state index in [-0.39, 0.29) is 48.1 Å². The molecule has 32 nitrogen and oxygen atoms in total. The second-order valence-corrected chi connectivity index (χ2v) is 33.1. The molecule has 5 aliphatic heterocycles. The van der Waals surface area contributed by atoms with Crippen molar-refractivity contribution in [2.75, 3.05) is 136 Å². The average Bonchev–Trinajstić information content (AvgIpc) is 1.68. The van der Waals surface area contributed by atoms with Gasteiger partial charge in [-0.25, -0.2) is 34.7 Å². The summed E-state index contributed by atoms with van der Waals surface area (Å²) in [6.45, 7) is 26.1. The molecular weight excluding hydrogens is 1780 g/mol. The lowest BCUT2D eigenvalue weighted by Gasteiger charge is -2.26. The largest absolute Gasteiger partial charge is 0.379 e. The van der Waals surface area contributed by atoms with Crippen molar-refractivity contribution >= 4 is 41.6 Å². The van der Waals surface area contributed by atoms with Crippen molar-refractivity contribution in [3.8, 4) is 57.1 Å². The third kappa shape index (κ3) is 29.5. The number of ether oxygens (including phenoxy) is 5. The fourth-order valence-corrected chi connectivity index (χ4v) is 16.3. The Balaban J connectivity index is 0.000000140. The number of aromatic nitrogens is 14. The maximum absolute atomic E-state index is 12.7. The molecule has 20 rings (SSSR count). The first-order valence-corrected chi connectivity index (χ1v) is 45.1. The average molecular weight is 1890 g/mol. The van der Waals surface area contributed by atoms with Gasteiger partial charge >= 0.3 is 0 Å². The molecule has 5 aliphatic rings. The Hall–Kier alpha value is -13.9. The second-order valence-electron chi connectivity index (χ2n) is 32.8. The number of halogens is 2. The molecule has 0 bridgehead atoms. The van der Waals surface area contributed by atoms with Gasteiger partial charge < -0.3 is 53.2 Å². The molecule has 5 unspecified atom stereocenters. The molecule has 0 saturated carbocycles. The zero-order valence-corrected chi connectivity index (χ0v) is 77.1. The van der Waals surface area contributed by atoms with Crippen LogP contribution < -0.4 is 27.1 Å². The molecule has 5 atom stereocenters. The minimum absolute atomic E-state index is 0. The van der Waals surface area contributed by atoms with Crippen LogP contribution in [0.4, 0.5) is 11.6 Å². The van der Waals surface area contributed by atoms with Crippen LogP contribution in [0.1, 0.15) is 91.9 Å². The molecule has 1 amide bonds. The number of amides is 1. The molecule has 0 spiro atoms. The van der Waals surface area contributed by atoms with E-state index < -0.39 is 0 Å². The summed E-state index contributed by atoms with van der Waals surface area (Å²) >= 11 is 5.78. The van der Waals surface area contributed by atoms with E-state index in [2.05, 4.69) is 206 Å². The fourth-order valence-electron chi connectivity index (χ4n) is 16.1. The van der Waals surface area contributed by atoms with Gasteiger partial charge in [0, 0.05) is 176 Å². The Labute approximate surface area is 806 Å². The summed E-state index contributed by atoms with van der Waals surface area (Å²) in [5, 5.41) is 14.4. The standard InChI is InChI=1S/C22H21N7O3.C20H21N3O2.C19H22N2O2.C19H20N2O.C13H15N3O2.C9H7ClN4O.CH4.ClH/c1-28-20(30)10-19(18-6-7-23-13-24-18)27-22(28)29-8-9-31-12-17(11-29)15-2-4-16(5-3-15)21-25-14-26-32-21;1-2-4-16(5-3-1)12-23-10-11-24-14-19(13-23)17-6-8-18(9-7-17)20-21-15-22-25-20;20-19(22)17-8-6-16(7-9-17)18-13-21(10-11-23-14-18)12-15-4-2-1-3-5-15;1-20-19-9-7-17(8-10-19)18-14-21(11-12-22-15-18)13-16-5-3-2-4-6-16;1-3-11(13-15-9-16-18-13)4-2-10(1)12-7-14-5-6-17-8-12;1-14-8(15)4-7(13-9(14)10)6-2-3-11-5-12-6;;/h2-7,10,13-14,17H,8-9,11-12H2,1H3;1-9,15,19H,10-14H2;1-9,18H,10-14H2,(H2,20,22);2-10,18H,11-15H2;1-4,9,12,14H,5-8H2;2-5H,1H3;1H4;1H. The van der Waals surface area contributed by atoms with Crippen molar-refractivity contribution in [3.63, 3.8) is 0 Å². The van der Waals surface area contributed by atoms with Crippen LogP contribution in [0, 0.1) is 6.57 Å². The number of hydrogen-bond donors (Lipinski definition) is 2. The van der Waals surface area contributed by atoms with Gasteiger partial charge in [0.15, 0.2) is 24.7 Å². The molecule has 137 heavy (non-hydrogen) atoms. The summed E-state index contributed by atoms with van der Waals surface area (Å²) in [7, 11) is 3.29. The highest BCUT2D eigenvalue weighted by atomic mass is 35.5. The van der Waals surface area contributed by atoms with E-state index in [1.807, 2.05) is 78.9 Å². The normalized spacial score (nSPS) is 17.5. The Morgan fingerprint density at radius 3 is 1.18 bits per heavy atom. The summed E-state index contributed by atoms with van der Waals surface area (Å²) < 4.78 is 46.9. The molecule has 5 saturated heterocycles. The lowest BCUT2D eigenvalue weighted by atomic mass is 9.98. The minimum atomic E-state index is -0.389. The van der Waals surface area contributed by atoms with Gasteiger partial charge in [-0.05, 0) is 117 Å². The van der Waals surface area contributed by atoms with Crippen LogP contribution in [0.25, 0.3) is 62.0 Å². The third-order valence-electron chi connectivity index (χ3n) is 23.5. The number of rotatable bonds is 18. The monoisotopic (exact) mass is 1890 g/mol. The van der Waals surface area contributed by atoms with E-state index in [0.717, 1.165) is 140 Å². The molecule has 5 fully saturated rings. The van der Waals surface area contributed by atoms with Crippen LogP contribution in [-0.2, 0) is 57.4 Å². The van der Waals surface area contributed by atoms with E-state index in [1.54, 1.807) is 55.3 Å². The number of primary amides is 1.